The fourth-order valence-corrected chi connectivity index (χ4v) is 1.52. The molecule has 0 spiro atoms. The molecular formula is C12H17ClN2O2. The number of aliphatic hydroxyl groups excluding tert-OH is 1. The van der Waals surface area contributed by atoms with Gasteiger partial charge in [-0.1, -0.05) is 25.4 Å². The molecule has 0 fully saturated rings. The Morgan fingerprint density at radius 1 is 1.47 bits per heavy atom. The lowest BCUT2D eigenvalue weighted by atomic mass is 10.1. The second-order valence-corrected chi connectivity index (χ2v) is 4.73. The number of amides is 1. The fourth-order valence-electron chi connectivity index (χ4n) is 1.28. The number of rotatable bonds is 4. The maximum absolute atomic E-state index is 11.7. The number of nitrogens with two attached hydrogens (primary N) is 1. The number of nitrogens with one attached hydrogen (secondary N) is 1. The zero-order valence-electron chi connectivity index (χ0n) is 9.90. The summed E-state index contributed by atoms with van der Waals surface area (Å²) in [6.07, 6.45) is -0.560. The van der Waals surface area contributed by atoms with Crippen molar-refractivity contribution in [2.24, 2.45) is 5.92 Å². The Kier molecular flexibility index (Phi) is 4.78. The molecule has 5 heteroatoms. The molecule has 17 heavy (non-hydrogen) atoms. The molecule has 1 aromatic carbocycles. The molecule has 0 saturated carbocycles. The van der Waals surface area contributed by atoms with Gasteiger partial charge in [0.25, 0.3) is 5.91 Å². The number of aliphatic hydroxyl groups is 1. The number of benzene rings is 1. The highest BCUT2D eigenvalue weighted by molar-refractivity contribution is 6.31. The van der Waals surface area contributed by atoms with Crippen molar-refractivity contribution in [3.8, 4) is 0 Å². The highest BCUT2D eigenvalue weighted by atomic mass is 35.5. The molecule has 1 amide bonds. The lowest BCUT2D eigenvalue weighted by Crippen LogP contribution is -2.34. The average Bonchev–Trinajstić information content (AvgIpc) is 2.23. The summed E-state index contributed by atoms with van der Waals surface area (Å²) in [6, 6.07) is 4.65. The minimum atomic E-state index is -0.560. The van der Waals surface area contributed by atoms with Crippen molar-refractivity contribution < 1.29 is 9.90 Å². The van der Waals surface area contributed by atoms with Gasteiger partial charge in [0.15, 0.2) is 0 Å². The van der Waals surface area contributed by atoms with Gasteiger partial charge in [-0.15, -0.1) is 0 Å². The lowest BCUT2D eigenvalue weighted by Gasteiger charge is -2.15. The minimum Gasteiger partial charge on any atom is -0.399 e. The predicted octanol–water partition coefficient (Wildman–Crippen LogP) is 1.67. The molecule has 0 heterocycles. The van der Waals surface area contributed by atoms with E-state index in [0.717, 1.165) is 0 Å². The van der Waals surface area contributed by atoms with E-state index in [1.165, 1.54) is 6.07 Å². The van der Waals surface area contributed by atoms with E-state index in [-0.39, 0.29) is 18.4 Å². The first-order valence-electron chi connectivity index (χ1n) is 5.42. The molecule has 1 aromatic rings. The number of carbonyl (C=O) groups is 1. The summed E-state index contributed by atoms with van der Waals surface area (Å²) < 4.78 is 0. The van der Waals surface area contributed by atoms with Gasteiger partial charge >= 0.3 is 0 Å². The van der Waals surface area contributed by atoms with Crippen molar-refractivity contribution in [2.75, 3.05) is 12.3 Å². The van der Waals surface area contributed by atoms with E-state index in [9.17, 15) is 9.90 Å². The van der Waals surface area contributed by atoms with Crippen LogP contribution in [0, 0.1) is 5.92 Å². The molecular weight excluding hydrogens is 240 g/mol. The standard InChI is InChI=1S/C12H17ClN2O2/c1-7(2)11(16)6-15-12(17)8-3-9(13)5-10(14)4-8/h3-5,7,11,16H,6,14H2,1-2H3,(H,15,17). The average molecular weight is 257 g/mol. The van der Waals surface area contributed by atoms with E-state index in [2.05, 4.69) is 5.32 Å². The molecule has 4 N–H and O–H groups in total. The van der Waals surface area contributed by atoms with Gasteiger partial charge in [-0.25, -0.2) is 0 Å². The van der Waals surface area contributed by atoms with Crippen LogP contribution >= 0.6 is 11.6 Å². The van der Waals surface area contributed by atoms with Crippen molar-refractivity contribution >= 4 is 23.2 Å². The highest BCUT2D eigenvalue weighted by Gasteiger charge is 2.12. The monoisotopic (exact) mass is 256 g/mol. The molecule has 0 aliphatic carbocycles. The van der Waals surface area contributed by atoms with Crippen LogP contribution in [0.1, 0.15) is 24.2 Å². The molecule has 0 radical (unpaired) electrons. The summed E-state index contributed by atoms with van der Waals surface area (Å²) in [5.74, 6) is -0.196. The van der Waals surface area contributed by atoms with Crippen LogP contribution in [0.2, 0.25) is 5.02 Å². The summed E-state index contributed by atoms with van der Waals surface area (Å²) >= 11 is 5.80. The van der Waals surface area contributed by atoms with Gasteiger partial charge in [-0.3, -0.25) is 4.79 Å². The molecule has 0 aliphatic heterocycles. The molecule has 0 saturated heterocycles. The minimum absolute atomic E-state index is 0.0970. The van der Waals surface area contributed by atoms with Gasteiger partial charge in [0, 0.05) is 22.8 Å². The summed E-state index contributed by atoms with van der Waals surface area (Å²) in [5.41, 5.74) is 6.42. The third-order valence-corrected chi connectivity index (χ3v) is 2.64. The van der Waals surface area contributed by atoms with Crippen LogP contribution in [-0.2, 0) is 0 Å². The van der Waals surface area contributed by atoms with Crippen molar-refractivity contribution in [1.82, 2.24) is 5.32 Å². The van der Waals surface area contributed by atoms with E-state index < -0.39 is 6.10 Å². The quantitative estimate of drug-likeness (QED) is 0.718. The van der Waals surface area contributed by atoms with Crippen LogP contribution < -0.4 is 11.1 Å². The Labute approximate surface area is 106 Å². The van der Waals surface area contributed by atoms with Crippen molar-refractivity contribution in [1.29, 1.82) is 0 Å². The summed E-state index contributed by atoms with van der Waals surface area (Å²) in [7, 11) is 0. The SMILES string of the molecule is CC(C)C(O)CNC(=O)c1cc(N)cc(Cl)c1. The van der Waals surface area contributed by atoms with Gasteiger partial charge < -0.3 is 16.2 Å². The first kappa shape index (κ1) is 13.8. The molecule has 0 bridgehead atoms. The molecule has 0 aliphatic rings. The number of carbonyl (C=O) groups excluding carboxylic acids is 1. The van der Waals surface area contributed by atoms with Crippen LogP contribution in [0.5, 0.6) is 0 Å². The topological polar surface area (TPSA) is 75.3 Å². The number of hydrogen-bond acceptors (Lipinski definition) is 3. The van der Waals surface area contributed by atoms with E-state index in [1.54, 1.807) is 12.1 Å². The van der Waals surface area contributed by atoms with Gasteiger partial charge in [0.2, 0.25) is 0 Å². The van der Waals surface area contributed by atoms with Gasteiger partial charge in [-0.2, -0.15) is 0 Å². The van der Waals surface area contributed by atoms with Crippen LogP contribution in [0.4, 0.5) is 5.69 Å². The second-order valence-electron chi connectivity index (χ2n) is 4.29. The van der Waals surface area contributed by atoms with Gasteiger partial charge in [0.05, 0.1) is 6.10 Å². The first-order valence-corrected chi connectivity index (χ1v) is 5.80. The fraction of sp³-hybridized carbons (Fsp3) is 0.417. The largest absolute Gasteiger partial charge is 0.399 e. The summed E-state index contributed by atoms with van der Waals surface area (Å²) in [6.45, 7) is 3.98. The first-order chi connectivity index (χ1) is 7.90. The number of anilines is 1. The van der Waals surface area contributed by atoms with Crippen LogP contribution in [0.25, 0.3) is 0 Å². The molecule has 1 rings (SSSR count). The van der Waals surface area contributed by atoms with E-state index in [4.69, 9.17) is 17.3 Å². The smallest absolute Gasteiger partial charge is 0.251 e. The molecule has 1 unspecified atom stereocenters. The van der Waals surface area contributed by atoms with E-state index >= 15 is 0 Å². The molecule has 94 valence electrons. The third-order valence-electron chi connectivity index (χ3n) is 2.42. The maximum Gasteiger partial charge on any atom is 0.251 e. The Balaban J connectivity index is 2.64. The van der Waals surface area contributed by atoms with Gasteiger partial charge in [0.1, 0.15) is 0 Å². The van der Waals surface area contributed by atoms with Crippen molar-refractivity contribution in [3.05, 3.63) is 28.8 Å². The lowest BCUT2D eigenvalue weighted by molar-refractivity contribution is 0.0871. The molecule has 4 nitrogen and oxygen atoms in total. The van der Waals surface area contributed by atoms with Crippen LogP contribution in [0.3, 0.4) is 0 Å². The Morgan fingerprint density at radius 3 is 2.65 bits per heavy atom. The second kappa shape index (κ2) is 5.89. The zero-order valence-corrected chi connectivity index (χ0v) is 10.7. The zero-order chi connectivity index (χ0) is 13.0. The van der Waals surface area contributed by atoms with Crippen LogP contribution in [0.15, 0.2) is 18.2 Å². The number of nitrogen functional groups attached to an aromatic ring is 1. The van der Waals surface area contributed by atoms with E-state index in [1.807, 2.05) is 13.8 Å². The maximum atomic E-state index is 11.7. The normalized spacial score (nSPS) is 12.5. The Morgan fingerprint density at radius 2 is 2.12 bits per heavy atom. The summed E-state index contributed by atoms with van der Waals surface area (Å²) in [4.78, 5) is 11.7. The number of hydrogen-bond donors (Lipinski definition) is 3. The van der Waals surface area contributed by atoms with Gasteiger partial charge in [-0.05, 0) is 24.1 Å². The molecule has 1 atom stereocenters. The van der Waals surface area contributed by atoms with Crippen molar-refractivity contribution in [2.45, 2.75) is 20.0 Å². The van der Waals surface area contributed by atoms with Crippen molar-refractivity contribution in [3.63, 3.8) is 0 Å². The highest BCUT2D eigenvalue weighted by Crippen LogP contribution is 2.16. The summed E-state index contributed by atoms with van der Waals surface area (Å²) in [5, 5.41) is 12.6. The van der Waals surface area contributed by atoms with Crippen LogP contribution in [-0.4, -0.2) is 23.7 Å². The van der Waals surface area contributed by atoms with E-state index in [0.29, 0.717) is 16.3 Å². The Bertz CT molecular complexity index is 387. The number of halogens is 1. The third kappa shape index (κ3) is 4.24. The Hall–Kier alpha value is -1.26. The predicted molar refractivity (Wildman–Crippen MR) is 69.0 cm³/mol. The molecule has 0 aromatic heterocycles.